The number of rotatable bonds is 1. The molecule has 1 rings (SSSR count). The van der Waals surface area contributed by atoms with Crippen LogP contribution in [0.1, 0.15) is 13.3 Å². The van der Waals surface area contributed by atoms with E-state index >= 15 is 0 Å². The van der Waals surface area contributed by atoms with Crippen molar-refractivity contribution >= 4 is 4.17 Å². The van der Waals surface area contributed by atoms with Gasteiger partial charge in [-0.25, -0.2) is 0 Å². The average Bonchev–Trinajstić information content (AvgIpc) is 2.41. The molecule has 0 aliphatic heterocycles. The van der Waals surface area contributed by atoms with Crippen molar-refractivity contribution in [1.82, 2.24) is 0 Å². The maximum atomic E-state index is 10.2. The van der Waals surface area contributed by atoms with Gasteiger partial charge in [-0.2, -0.15) is 0 Å². The van der Waals surface area contributed by atoms with Gasteiger partial charge in [-0.3, -0.25) is 0 Å². The van der Waals surface area contributed by atoms with Crippen LogP contribution in [0.15, 0.2) is 24.3 Å². The van der Waals surface area contributed by atoms with Gasteiger partial charge in [0.2, 0.25) is 0 Å². The molecule has 0 aromatic carbocycles. The molecule has 0 spiro atoms. The summed E-state index contributed by atoms with van der Waals surface area (Å²) in [6.07, 6.45) is 9.50. The molecule has 2 heteroatoms. The Labute approximate surface area is 74.7 Å². The molecular formula is C9H15OPt. The van der Waals surface area contributed by atoms with Gasteiger partial charge in [-0.15, -0.1) is 0 Å². The van der Waals surface area contributed by atoms with Crippen molar-refractivity contribution < 1.29 is 22.1 Å². The quantitative estimate of drug-likeness (QED) is 0.721. The van der Waals surface area contributed by atoms with Crippen molar-refractivity contribution in [3.63, 3.8) is 0 Å². The molecule has 0 saturated carbocycles. The Morgan fingerprint density at radius 3 is 1.73 bits per heavy atom. The molecule has 0 aromatic rings. The third kappa shape index (κ3) is 7.74. The van der Waals surface area contributed by atoms with Crippen LogP contribution in [-0.4, -0.2) is 4.17 Å². The van der Waals surface area contributed by atoms with Crippen molar-refractivity contribution in [2.75, 3.05) is 0 Å². The maximum absolute atomic E-state index is 10.2. The summed E-state index contributed by atoms with van der Waals surface area (Å²) in [5.41, 5.74) is 0. The van der Waals surface area contributed by atoms with Crippen LogP contribution >= 0.6 is 0 Å². The Bertz CT molecular complexity index is 158. The monoisotopic (exact) mass is 334 g/mol. The Kier molecular flexibility index (Phi) is 6.45. The first-order valence-corrected chi connectivity index (χ1v) is 8.99. The summed E-state index contributed by atoms with van der Waals surface area (Å²) in [7, 11) is 0. The summed E-state index contributed by atoms with van der Waals surface area (Å²) in [5.74, 6) is 0. The second-order valence-electron chi connectivity index (χ2n) is 2.15. The van der Waals surface area contributed by atoms with Gasteiger partial charge in [0.15, 0.2) is 0 Å². The zero-order valence-corrected chi connectivity index (χ0v) is 9.51. The predicted octanol–water partition coefficient (Wildman–Crippen LogP) is 2.75. The van der Waals surface area contributed by atoms with Gasteiger partial charge in [-0.1, -0.05) is 24.3 Å². The first-order valence-electron chi connectivity index (χ1n) is 3.31. The number of hydrogen-bond donors (Lipinski definition) is 0. The predicted molar refractivity (Wildman–Crippen MR) is 45.3 cm³/mol. The zero-order chi connectivity index (χ0) is 8.69. The third-order valence-electron chi connectivity index (χ3n) is 1.10. The number of carbonyl (C=O) groups excluding carboxylic acids is 1. The molecule has 0 heterocycles. The normalized spacial score (nSPS) is 13.9. The van der Waals surface area contributed by atoms with Gasteiger partial charge in [0.05, 0.1) is 0 Å². The van der Waals surface area contributed by atoms with E-state index in [1.54, 1.807) is 6.92 Å². The van der Waals surface area contributed by atoms with Crippen LogP contribution in [0.3, 0.4) is 0 Å². The molecule has 0 radical (unpaired) electrons. The molecule has 0 aromatic heterocycles. The summed E-state index contributed by atoms with van der Waals surface area (Å²) < 4.78 is 0.417. The molecule has 11 heavy (non-hydrogen) atoms. The molecule has 0 amide bonds. The fraction of sp³-hybridized carbons (Fsp3) is 0.444. The van der Waals surface area contributed by atoms with E-state index in [9.17, 15) is 4.79 Å². The van der Waals surface area contributed by atoms with Crippen LogP contribution in [0.2, 0.25) is 10.6 Å². The topological polar surface area (TPSA) is 17.1 Å². The van der Waals surface area contributed by atoms with Crippen molar-refractivity contribution in [1.29, 1.82) is 0 Å². The number of hydrogen-bond acceptors (Lipinski definition) is 1. The molecule has 0 atom stereocenters. The number of allylic oxidation sites excluding steroid dienone is 4. The number of carbonyl (C=O) groups is 1. The molecule has 0 unspecified atom stereocenters. The van der Waals surface area contributed by atoms with E-state index in [-0.39, 0.29) is 0 Å². The van der Waals surface area contributed by atoms with Crippen LogP contribution in [-0.2, 0) is 22.1 Å². The third-order valence-corrected chi connectivity index (χ3v) is 4.30. The summed E-state index contributed by atoms with van der Waals surface area (Å²) in [5, 5.41) is 4.10. The molecule has 0 bridgehead atoms. The summed E-state index contributed by atoms with van der Waals surface area (Å²) >= 11 is -1.03. The molecule has 0 saturated heterocycles. The second kappa shape index (κ2) is 6.54. The Hall–Kier alpha value is -0.162. The summed E-state index contributed by atoms with van der Waals surface area (Å²) in [4.78, 5) is 10.2. The van der Waals surface area contributed by atoms with Gasteiger partial charge in [-0.05, 0) is 6.42 Å². The molecule has 1 aliphatic carbocycles. The fourth-order valence-corrected chi connectivity index (χ4v) is 0.393. The average molecular weight is 334 g/mol. The van der Waals surface area contributed by atoms with E-state index in [1.807, 2.05) is 10.6 Å². The zero-order valence-electron chi connectivity index (χ0n) is 7.24. The van der Waals surface area contributed by atoms with Crippen molar-refractivity contribution in [3.8, 4) is 0 Å². The molecule has 1 aliphatic rings. The van der Waals surface area contributed by atoms with Gasteiger partial charge in [0.25, 0.3) is 0 Å². The van der Waals surface area contributed by atoms with E-state index in [1.165, 1.54) is 0 Å². The first kappa shape index (κ1) is 10.8. The first-order chi connectivity index (χ1) is 5.14. The van der Waals surface area contributed by atoms with Crippen LogP contribution in [0, 0.1) is 0 Å². The molecule has 0 fully saturated rings. The second-order valence-corrected chi connectivity index (χ2v) is 8.30. The van der Waals surface area contributed by atoms with Gasteiger partial charge >= 0.3 is 43.8 Å². The Morgan fingerprint density at radius 1 is 1.27 bits per heavy atom. The summed E-state index contributed by atoms with van der Waals surface area (Å²) in [6, 6.07) is 0. The van der Waals surface area contributed by atoms with Crippen molar-refractivity contribution in [3.05, 3.63) is 24.3 Å². The van der Waals surface area contributed by atoms with Crippen LogP contribution in [0.25, 0.3) is 0 Å². The standard InChI is InChI=1S/C5H6.C2H3O.2CH3.Pt/c1-2-4-5-3-1;1-2-3;;;/h1-4H,5H2;1H3;2*1H3;. The van der Waals surface area contributed by atoms with Gasteiger partial charge in [0.1, 0.15) is 0 Å². The Morgan fingerprint density at radius 2 is 1.64 bits per heavy atom. The molecule has 67 valence electrons. The minimum atomic E-state index is -1.03. The Balaban J connectivity index is 0.000000183. The van der Waals surface area contributed by atoms with Crippen molar-refractivity contribution in [2.45, 2.75) is 24.0 Å². The summed E-state index contributed by atoms with van der Waals surface area (Å²) in [6.45, 7) is 1.67. The van der Waals surface area contributed by atoms with Crippen molar-refractivity contribution in [2.24, 2.45) is 0 Å². The van der Waals surface area contributed by atoms with Crippen LogP contribution < -0.4 is 0 Å². The van der Waals surface area contributed by atoms with E-state index < -0.39 is 17.3 Å². The molecule has 1 nitrogen and oxygen atoms in total. The van der Waals surface area contributed by atoms with Gasteiger partial charge < -0.3 is 0 Å². The van der Waals surface area contributed by atoms with E-state index in [2.05, 4.69) is 24.3 Å². The molecular weight excluding hydrogens is 319 g/mol. The van der Waals surface area contributed by atoms with Gasteiger partial charge in [0, 0.05) is 0 Å². The van der Waals surface area contributed by atoms with Crippen LogP contribution in [0.5, 0.6) is 0 Å². The van der Waals surface area contributed by atoms with E-state index in [0.717, 1.165) is 6.42 Å². The van der Waals surface area contributed by atoms with Crippen LogP contribution in [0.4, 0.5) is 0 Å². The van der Waals surface area contributed by atoms with E-state index in [0.29, 0.717) is 4.17 Å². The molecule has 0 N–H and O–H groups in total. The SMILES string of the molecule is C1=CCC=C1.C[C](=O)[Pt]([CH3])[CH3]. The minimum absolute atomic E-state index is 0.417. The van der Waals surface area contributed by atoms with E-state index in [4.69, 9.17) is 0 Å². The fourth-order valence-electron chi connectivity index (χ4n) is 0.393.